The molecule has 2 rings (SSSR count). The average molecular weight is 376 g/mol. The van der Waals surface area contributed by atoms with Gasteiger partial charge in [0, 0.05) is 18.5 Å². The molecule has 27 heavy (non-hydrogen) atoms. The van der Waals surface area contributed by atoms with E-state index in [0.29, 0.717) is 24.4 Å². The molecule has 148 valence electrons. The molecule has 0 radical (unpaired) electrons. The molecule has 0 spiro atoms. The van der Waals surface area contributed by atoms with Gasteiger partial charge in [0.15, 0.2) is 23.0 Å². The molecule has 1 heterocycles. The van der Waals surface area contributed by atoms with Crippen molar-refractivity contribution in [2.24, 2.45) is 5.41 Å². The Morgan fingerprint density at radius 1 is 1.26 bits per heavy atom. The van der Waals surface area contributed by atoms with Crippen molar-refractivity contribution >= 4 is 11.7 Å². The zero-order valence-corrected chi connectivity index (χ0v) is 16.7. The van der Waals surface area contributed by atoms with E-state index in [2.05, 4.69) is 0 Å². The first-order valence-electron chi connectivity index (χ1n) is 8.79. The lowest BCUT2D eigenvalue weighted by Gasteiger charge is -2.29. The lowest BCUT2D eigenvalue weighted by Crippen LogP contribution is -2.37. The van der Waals surface area contributed by atoms with Gasteiger partial charge in [-0.15, -0.1) is 0 Å². The number of methoxy groups -OCH3 is 1. The number of phenolic OH excluding ortho intramolecular Hbond substituents is 1. The van der Waals surface area contributed by atoms with Gasteiger partial charge in [-0.2, -0.15) is 0 Å². The van der Waals surface area contributed by atoms with Crippen molar-refractivity contribution in [2.75, 3.05) is 34.3 Å². The summed E-state index contributed by atoms with van der Waals surface area (Å²) in [6.07, 6.45) is 0. The highest BCUT2D eigenvalue weighted by atomic mass is 16.5. The summed E-state index contributed by atoms with van der Waals surface area (Å²) in [5.41, 5.74) is -0.165. The van der Waals surface area contributed by atoms with Crippen LogP contribution in [0.1, 0.15) is 32.4 Å². The molecule has 1 unspecified atom stereocenters. The first-order valence-corrected chi connectivity index (χ1v) is 8.79. The number of likely N-dealkylation sites (N-methyl/N-ethyl adjacent to an activating group) is 1. The van der Waals surface area contributed by atoms with E-state index < -0.39 is 23.1 Å². The standard InChI is InChI=1S/C20H28N2O5/c1-20(2,3)18(25)15-16(12-7-8-14(27-6)13(23)11-12)22(10-9-21(4)5)19(26)17(15)24/h7-8,11,16,23-24H,9-10H2,1-6H3. The number of rotatable bonds is 6. The van der Waals surface area contributed by atoms with Crippen molar-refractivity contribution in [3.05, 3.63) is 35.1 Å². The molecule has 0 bridgehead atoms. The molecule has 0 aliphatic carbocycles. The number of benzene rings is 1. The summed E-state index contributed by atoms with van der Waals surface area (Å²) in [7, 11) is 5.20. The predicted molar refractivity (Wildman–Crippen MR) is 102 cm³/mol. The average Bonchev–Trinajstić information content (AvgIpc) is 2.82. The number of phenols is 1. The summed E-state index contributed by atoms with van der Waals surface area (Å²) in [5, 5.41) is 20.7. The number of carbonyl (C=O) groups is 2. The second-order valence-corrected chi connectivity index (χ2v) is 7.98. The molecule has 1 atom stereocenters. The van der Waals surface area contributed by atoms with Gasteiger partial charge in [0.25, 0.3) is 5.91 Å². The topological polar surface area (TPSA) is 90.3 Å². The highest BCUT2D eigenvalue weighted by Gasteiger charge is 2.45. The second-order valence-electron chi connectivity index (χ2n) is 7.98. The minimum atomic E-state index is -0.770. The van der Waals surface area contributed by atoms with Crippen LogP contribution in [-0.2, 0) is 9.59 Å². The van der Waals surface area contributed by atoms with Crippen molar-refractivity contribution in [2.45, 2.75) is 26.8 Å². The van der Waals surface area contributed by atoms with Gasteiger partial charge in [-0.05, 0) is 31.8 Å². The number of hydrogen-bond donors (Lipinski definition) is 2. The number of hydrogen-bond acceptors (Lipinski definition) is 6. The van der Waals surface area contributed by atoms with Crippen LogP contribution in [0.25, 0.3) is 0 Å². The minimum Gasteiger partial charge on any atom is -0.504 e. The van der Waals surface area contributed by atoms with Crippen LogP contribution in [0.2, 0.25) is 0 Å². The molecule has 2 N–H and O–H groups in total. The van der Waals surface area contributed by atoms with Crippen molar-refractivity contribution in [3.63, 3.8) is 0 Å². The maximum absolute atomic E-state index is 13.0. The van der Waals surface area contributed by atoms with E-state index in [-0.39, 0.29) is 17.1 Å². The Balaban J connectivity index is 2.57. The van der Waals surface area contributed by atoms with E-state index in [9.17, 15) is 19.8 Å². The summed E-state index contributed by atoms with van der Waals surface area (Å²) in [6.45, 7) is 6.12. The first-order chi connectivity index (χ1) is 12.5. The highest BCUT2D eigenvalue weighted by molar-refractivity contribution is 6.10. The van der Waals surface area contributed by atoms with Crippen LogP contribution < -0.4 is 4.74 Å². The lowest BCUT2D eigenvalue weighted by molar-refractivity contribution is -0.129. The first kappa shape index (κ1) is 20.8. The fraction of sp³-hybridized carbons (Fsp3) is 0.500. The van der Waals surface area contributed by atoms with Crippen LogP contribution >= 0.6 is 0 Å². The molecule has 1 amide bonds. The number of carbonyl (C=O) groups excluding carboxylic acids is 2. The zero-order valence-electron chi connectivity index (χ0n) is 16.7. The largest absolute Gasteiger partial charge is 0.504 e. The second kappa shape index (κ2) is 7.60. The third kappa shape index (κ3) is 4.08. The number of aromatic hydroxyl groups is 1. The molecule has 1 aliphatic rings. The number of aliphatic hydroxyl groups excluding tert-OH is 1. The molecule has 0 saturated carbocycles. The van der Waals surface area contributed by atoms with E-state index in [4.69, 9.17) is 4.74 Å². The predicted octanol–water partition coefficient (Wildman–Crippen LogP) is 2.27. The molecule has 1 aliphatic heterocycles. The molecule has 0 aromatic heterocycles. The highest BCUT2D eigenvalue weighted by Crippen LogP contribution is 2.42. The number of ether oxygens (including phenoxy) is 1. The van der Waals surface area contributed by atoms with Crippen LogP contribution in [0.3, 0.4) is 0 Å². The molecule has 0 saturated heterocycles. The van der Waals surface area contributed by atoms with Gasteiger partial charge in [0.05, 0.1) is 18.7 Å². The summed E-state index contributed by atoms with van der Waals surface area (Å²) in [6, 6.07) is 3.97. The zero-order chi connectivity index (χ0) is 20.5. The summed E-state index contributed by atoms with van der Waals surface area (Å²) in [4.78, 5) is 29.1. The Morgan fingerprint density at radius 2 is 1.89 bits per heavy atom. The van der Waals surface area contributed by atoms with Crippen LogP contribution in [0, 0.1) is 5.41 Å². The molecule has 0 fully saturated rings. The Kier molecular flexibility index (Phi) is 5.85. The molecule has 1 aromatic carbocycles. The van der Waals surface area contributed by atoms with Crippen molar-refractivity contribution < 1.29 is 24.5 Å². The SMILES string of the molecule is COc1ccc(C2C(C(=O)C(C)(C)C)=C(O)C(=O)N2CCN(C)C)cc1O. The fourth-order valence-electron chi connectivity index (χ4n) is 3.05. The number of ketones is 1. The van der Waals surface area contributed by atoms with Gasteiger partial charge < -0.3 is 24.7 Å². The number of nitrogens with zero attached hydrogens (tertiary/aromatic N) is 2. The van der Waals surface area contributed by atoms with Crippen LogP contribution in [0.5, 0.6) is 11.5 Å². The summed E-state index contributed by atoms with van der Waals surface area (Å²) in [5.74, 6) is -1.21. The normalized spacial score (nSPS) is 17.8. The Bertz CT molecular complexity index is 777. The van der Waals surface area contributed by atoms with Gasteiger partial charge in [-0.3, -0.25) is 9.59 Å². The van der Waals surface area contributed by atoms with Gasteiger partial charge >= 0.3 is 0 Å². The van der Waals surface area contributed by atoms with E-state index in [0.717, 1.165) is 0 Å². The fourth-order valence-corrected chi connectivity index (χ4v) is 3.05. The van der Waals surface area contributed by atoms with Crippen molar-refractivity contribution in [3.8, 4) is 11.5 Å². The monoisotopic (exact) mass is 376 g/mol. The quantitative estimate of drug-likeness (QED) is 0.792. The van der Waals surface area contributed by atoms with Crippen LogP contribution in [-0.4, -0.2) is 66.0 Å². The van der Waals surface area contributed by atoms with Crippen molar-refractivity contribution in [1.82, 2.24) is 9.80 Å². The molecule has 7 heteroatoms. The van der Waals surface area contributed by atoms with E-state index in [1.54, 1.807) is 32.9 Å². The number of amides is 1. The van der Waals surface area contributed by atoms with Gasteiger partial charge in [-0.25, -0.2) is 0 Å². The van der Waals surface area contributed by atoms with Gasteiger partial charge in [-0.1, -0.05) is 26.8 Å². The third-order valence-corrected chi connectivity index (χ3v) is 4.54. The number of Topliss-reactive ketones (excluding diaryl/α,β-unsaturated/α-hetero) is 1. The molecule has 1 aromatic rings. The van der Waals surface area contributed by atoms with Crippen LogP contribution in [0.4, 0.5) is 0 Å². The minimum absolute atomic E-state index is 0.0656. The summed E-state index contributed by atoms with van der Waals surface area (Å²) < 4.78 is 5.07. The Hall–Kier alpha value is -2.54. The lowest BCUT2D eigenvalue weighted by atomic mass is 9.82. The van der Waals surface area contributed by atoms with Crippen molar-refractivity contribution in [1.29, 1.82) is 0 Å². The van der Waals surface area contributed by atoms with Gasteiger partial charge in [0.2, 0.25) is 0 Å². The molecular formula is C20H28N2O5. The van der Waals surface area contributed by atoms with E-state index >= 15 is 0 Å². The maximum Gasteiger partial charge on any atom is 0.290 e. The Labute approximate surface area is 159 Å². The summed E-state index contributed by atoms with van der Waals surface area (Å²) >= 11 is 0. The number of aliphatic hydroxyl groups is 1. The smallest absolute Gasteiger partial charge is 0.290 e. The van der Waals surface area contributed by atoms with E-state index in [1.165, 1.54) is 18.1 Å². The Morgan fingerprint density at radius 3 is 2.37 bits per heavy atom. The molecular weight excluding hydrogens is 348 g/mol. The molecule has 7 nitrogen and oxygen atoms in total. The third-order valence-electron chi connectivity index (χ3n) is 4.54. The maximum atomic E-state index is 13.0. The van der Waals surface area contributed by atoms with E-state index in [1.807, 2.05) is 19.0 Å². The van der Waals surface area contributed by atoms with Gasteiger partial charge in [0.1, 0.15) is 0 Å². The van der Waals surface area contributed by atoms with Crippen LogP contribution in [0.15, 0.2) is 29.5 Å².